The van der Waals surface area contributed by atoms with Crippen LogP contribution in [0.1, 0.15) is 70.2 Å². The first kappa shape index (κ1) is 13.5. The van der Waals surface area contributed by atoms with E-state index in [1.807, 2.05) is 0 Å². The van der Waals surface area contributed by atoms with Crippen molar-refractivity contribution < 1.29 is 4.42 Å². The molecule has 0 radical (unpaired) electrons. The van der Waals surface area contributed by atoms with Gasteiger partial charge in [0.2, 0.25) is 11.8 Å². The molecule has 1 aliphatic rings. The summed E-state index contributed by atoms with van der Waals surface area (Å²) in [4.78, 5) is 0. The molecular formula is C14H25N3O. The van der Waals surface area contributed by atoms with Gasteiger partial charge < -0.3 is 9.73 Å². The van der Waals surface area contributed by atoms with E-state index in [-0.39, 0.29) is 6.04 Å². The summed E-state index contributed by atoms with van der Waals surface area (Å²) in [5, 5.41) is 11.8. The van der Waals surface area contributed by atoms with Gasteiger partial charge in [0.1, 0.15) is 0 Å². The molecule has 1 heterocycles. The fraction of sp³-hybridized carbons (Fsp3) is 0.857. The molecule has 0 aliphatic heterocycles. The first-order chi connectivity index (χ1) is 8.83. The van der Waals surface area contributed by atoms with Crippen molar-refractivity contribution in [3.8, 4) is 0 Å². The highest BCUT2D eigenvalue weighted by Gasteiger charge is 2.20. The van der Waals surface area contributed by atoms with Gasteiger partial charge in [-0.15, -0.1) is 10.2 Å². The number of aromatic nitrogens is 2. The SMILES string of the molecule is CCCNC(CC)c1nnc(CC2CCCC2)o1. The summed E-state index contributed by atoms with van der Waals surface area (Å²) < 4.78 is 5.81. The molecule has 1 fully saturated rings. The van der Waals surface area contributed by atoms with Crippen LogP contribution < -0.4 is 5.32 Å². The number of nitrogens with zero attached hydrogens (tertiary/aromatic N) is 2. The van der Waals surface area contributed by atoms with Gasteiger partial charge in [-0.05, 0) is 38.1 Å². The minimum atomic E-state index is 0.217. The summed E-state index contributed by atoms with van der Waals surface area (Å²) in [7, 11) is 0. The van der Waals surface area contributed by atoms with Crippen molar-refractivity contribution >= 4 is 0 Å². The average molecular weight is 251 g/mol. The summed E-state index contributed by atoms with van der Waals surface area (Å²) in [6, 6.07) is 0.217. The van der Waals surface area contributed by atoms with Gasteiger partial charge in [0.15, 0.2) is 0 Å². The Morgan fingerprint density at radius 1 is 1.28 bits per heavy atom. The highest BCUT2D eigenvalue weighted by Crippen LogP contribution is 2.28. The maximum atomic E-state index is 5.81. The van der Waals surface area contributed by atoms with E-state index in [1.165, 1.54) is 25.7 Å². The van der Waals surface area contributed by atoms with Crippen LogP contribution in [0.3, 0.4) is 0 Å². The third kappa shape index (κ3) is 3.55. The maximum Gasteiger partial charge on any atom is 0.233 e. The van der Waals surface area contributed by atoms with E-state index in [2.05, 4.69) is 29.4 Å². The standard InChI is InChI=1S/C14H25N3O/c1-3-9-15-12(4-2)14-17-16-13(18-14)10-11-7-5-6-8-11/h11-12,15H,3-10H2,1-2H3. The molecule has 1 N–H and O–H groups in total. The zero-order valence-electron chi connectivity index (χ0n) is 11.6. The first-order valence-electron chi connectivity index (χ1n) is 7.39. The van der Waals surface area contributed by atoms with Crippen LogP contribution in [0.25, 0.3) is 0 Å². The third-order valence-electron chi connectivity index (χ3n) is 3.77. The van der Waals surface area contributed by atoms with Crippen LogP contribution in [0.15, 0.2) is 4.42 Å². The van der Waals surface area contributed by atoms with Crippen molar-refractivity contribution in [3.63, 3.8) is 0 Å². The highest BCUT2D eigenvalue weighted by atomic mass is 16.4. The molecule has 1 aliphatic carbocycles. The molecule has 1 aromatic heterocycles. The zero-order valence-corrected chi connectivity index (χ0v) is 11.6. The molecule has 0 aromatic carbocycles. The van der Waals surface area contributed by atoms with Crippen LogP contribution in [0, 0.1) is 5.92 Å². The monoisotopic (exact) mass is 251 g/mol. The number of rotatable bonds is 7. The van der Waals surface area contributed by atoms with Crippen molar-refractivity contribution in [2.45, 2.75) is 64.8 Å². The van der Waals surface area contributed by atoms with Gasteiger partial charge in [-0.1, -0.05) is 26.7 Å². The second kappa shape index (κ2) is 6.88. The smallest absolute Gasteiger partial charge is 0.233 e. The normalized spacial score (nSPS) is 18.3. The molecule has 0 spiro atoms. The lowest BCUT2D eigenvalue weighted by Crippen LogP contribution is -2.21. The van der Waals surface area contributed by atoms with Crippen molar-refractivity contribution in [2.24, 2.45) is 5.92 Å². The van der Waals surface area contributed by atoms with Gasteiger partial charge in [-0.2, -0.15) is 0 Å². The topological polar surface area (TPSA) is 51.0 Å². The predicted molar refractivity (Wildman–Crippen MR) is 71.3 cm³/mol. The molecule has 4 heteroatoms. The Hall–Kier alpha value is -0.900. The van der Waals surface area contributed by atoms with E-state index in [0.717, 1.165) is 43.5 Å². The number of nitrogens with one attached hydrogen (secondary N) is 1. The summed E-state index contributed by atoms with van der Waals surface area (Å²) >= 11 is 0. The molecule has 1 atom stereocenters. The minimum Gasteiger partial charge on any atom is -0.424 e. The second-order valence-electron chi connectivity index (χ2n) is 5.30. The van der Waals surface area contributed by atoms with Crippen LogP contribution in [-0.2, 0) is 6.42 Å². The molecule has 1 aromatic rings. The molecule has 0 saturated heterocycles. The lowest BCUT2D eigenvalue weighted by Gasteiger charge is -2.11. The van der Waals surface area contributed by atoms with E-state index in [9.17, 15) is 0 Å². The fourth-order valence-corrected chi connectivity index (χ4v) is 2.68. The Kier molecular flexibility index (Phi) is 5.17. The van der Waals surface area contributed by atoms with Gasteiger partial charge in [0.05, 0.1) is 6.04 Å². The Morgan fingerprint density at radius 2 is 2.06 bits per heavy atom. The number of hydrogen-bond donors (Lipinski definition) is 1. The molecule has 1 unspecified atom stereocenters. The van der Waals surface area contributed by atoms with Gasteiger partial charge in [0, 0.05) is 6.42 Å². The molecule has 4 nitrogen and oxygen atoms in total. The Balaban J connectivity index is 1.90. The molecule has 18 heavy (non-hydrogen) atoms. The van der Waals surface area contributed by atoms with E-state index in [1.54, 1.807) is 0 Å². The molecule has 2 rings (SSSR count). The predicted octanol–water partition coefficient (Wildman–Crippen LogP) is 3.25. The first-order valence-corrected chi connectivity index (χ1v) is 7.39. The quantitative estimate of drug-likeness (QED) is 0.808. The fourth-order valence-electron chi connectivity index (χ4n) is 2.68. The van der Waals surface area contributed by atoms with Crippen LogP contribution in [0.4, 0.5) is 0 Å². The summed E-state index contributed by atoms with van der Waals surface area (Å²) in [6.07, 6.45) is 8.45. The highest BCUT2D eigenvalue weighted by molar-refractivity contribution is 4.91. The molecule has 0 amide bonds. The van der Waals surface area contributed by atoms with Crippen LogP contribution in [0.5, 0.6) is 0 Å². The average Bonchev–Trinajstić information content (AvgIpc) is 3.03. The Bertz CT molecular complexity index is 345. The van der Waals surface area contributed by atoms with Gasteiger partial charge in [-0.25, -0.2) is 0 Å². The Morgan fingerprint density at radius 3 is 2.72 bits per heavy atom. The molecule has 102 valence electrons. The number of hydrogen-bond acceptors (Lipinski definition) is 4. The van der Waals surface area contributed by atoms with E-state index < -0.39 is 0 Å². The lowest BCUT2D eigenvalue weighted by molar-refractivity contribution is 0.357. The van der Waals surface area contributed by atoms with E-state index in [4.69, 9.17) is 4.42 Å². The molecule has 1 saturated carbocycles. The van der Waals surface area contributed by atoms with Crippen LogP contribution in [0.2, 0.25) is 0 Å². The van der Waals surface area contributed by atoms with Crippen molar-refractivity contribution in [1.29, 1.82) is 0 Å². The Labute approximate surface area is 110 Å². The van der Waals surface area contributed by atoms with Gasteiger partial charge in [-0.3, -0.25) is 0 Å². The van der Waals surface area contributed by atoms with Crippen LogP contribution in [-0.4, -0.2) is 16.7 Å². The van der Waals surface area contributed by atoms with Gasteiger partial charge in [0.25, 0.3) is 0 Å². The summed E-state index contributed by atoms with van der Waals surface area (Å²) in [5.41, 5.74) is 0. The largest absolute Gasteiger partial charge is 0.424 e. The molecular weight excluding hydrogens is 226 g/mol. The zero-order chi connectivity index (χ0) is 12.8. The summed E-state index contributed by atoms with van der Waals surface area (Å²) in [5.74, 6) is 2.36. The summed E-state index contributed by atoms with van der Waals surface area (Å²) in [6.45, 7) is 5.31. The van der Waals surface area contributed by atoms with Crippen LogP contribution >= 0.6 is 0 Å². The lowest BCUT2D eigenvalue weighted by atomic mass is 10.0. The van der Waals surface area contributed by atoms with E-state index in [0.29, 0.717) is 0 Å². The van der Waals surface area contributed by atoms with Gasteiger partial charge >= 0.3 is 0 Å². The van der Waals surface area contributed by atoms with Crippen molar-refractivity contribution in [1.82, 2.24) is 15.5 Å². The van der Waals surface area contributed by atoms with E-state index >= 15 is 0 Å². The minimum absolute atomic E-state index is 0.217. The van der Waals surface area contributed by atoms with Crippen molar-refractivity contribution in [3.05, 3.63) is 11.8 Å². The molecule has 0 bridgehead atoms. The van der Waals surface area contributed by atoms with Crippen molar-refractivity contribution in [2.75, 3.05) is 6.54 Å². The second-order valence-corrected chi connectivity index (χ2v) is 5.30. The third-order valence-corrected chi connectivity index (χ3v) is 3.77. The maximum absolute atomic E-state index is 5.81.